The summed E-state index contributed by atoms with van der Waals surface area (Å²) >= 11 is 0. The van der Waals surface area contributed by atoms with E-state index in [0.717, 1.165) is 63.1 Å². The number of hydrogen-bond acceptors (Lipinski definition) is 5. The summed E-state index contributed by atoms with van der Waals surface area (Å²) in [4.78, 5) is 24.0. The molecule has 0 bridgehead atoms. The molecule has 2 aliphatic rings. The Bertz CT molecular complexity index is 906. The summed E-state index contributed by atoms with van der Waals surface area (Å²) in [5, 5.41) is 3.43. The van der Waals surface area contributed by atoms with Crippen LogP contribution in [0.2, 0.25) is 0 Å². The third-order valence-electron chi connectivity index (χ3n) is 6.14. The van der Waals surface area contributed by atoms with E-state index < -0.39 is 0 Å². The Morgan fingerprint density at radius 1 is 1.12 bits per heavy atom. The minimum Gasteiger partial charge on any atom is -0.495 e. The Morgan fingerprint density at radius 2 is 1.91 bits per heavy atom. The van der Waals surface area contributed by atoms with Crippen molar-refractivity contribution in [1.82, 2.24) is 15.1 Å². The van der Waals surface area contributed by atoms with Crippen molar-refractivity contribution in [2.24, 2.45) is 10.9 Å². The number of piperazine rings is 1. The second-order valence-corrected chi connectivity index (χ2v) is 8.22. The average molecular weight is 440 g/mol. The van der Waals surface area contributed by atoms with E-state index in [1.54, 1.807) is 19.2 Å². The lowest BCUT2D eigenvalue weighted by atomic mass is 10.1. The number of carbonyl (C=O) groups excluding carboxylic acids is 1. The SMILES string of the molecule is CCNC(=NCC1CCN(c2ccccc2OC)C1)N1CCN(C(=O)c2ccco2)CC1. The van der Waals surface area contributed by atoms with Gasteiger partial charge in [-0.1, -0.05) is 12.1 Å². The molecule has 1 amide bonds. The van der Waals surface area contributed by atoms with Crippen molar-refractivity contribution in [2.45, 2.75) is 13.3 Å². The first-order chi connectivity index (χ1) is 15.7. The number of benzene rings is 1. The number of para-hydroxylation sites is 2. The number of methoxy groups -OCH3 is 1. The largest absolute Gasteiger partial charge is 0.495 e. The number of hydrogen-bond donors (Lipinski definition) is 1. The predicted molar refractivity (Wildman–Crippen MR) is 125 cm³/mol. The van der Waals surface area contributed by atoms with Gasteiger partial charge in [-0.05, 0) is 43.5 Å². The van der Waals surface area contributed by atoms with E-state index >= 15 is 0 Å². The van der Waals surface area contributed by atoms with E-state index in [9.17, 15) is 4.79 Å². The molecule has 2 aromatic rings. The summed E-state index contributed by atoms with van der Waals surface area (Å²) in [6, 6.07) is 11.7. The minimum absolute atomic E-state index is 0.0426. The van der Waals surface area contributed by atoms with Crippen molar-refractivity contribution < 1.29 is 13.9 Å². The minimum atomic E-state index is -0.0426. The molecule has 0 radical (unpaired) electrons. The van der Waals surface area contributed by atoms with Crippen LogP contribution in [-0.2, 0) is 0 Å². The van der Waals surface area contributed by atoms with Gasteiger partial charge in [-0.25, -0.2) is 0 Å². The molecule has 8 heteroatoms. The van der Waals surface area contributed by atoms with E-state index in [1.807, 2.05) is 17.0 Å². The number of rotatable bonds is 6. The fourth-order valence-electron chi connectivity index (χ4n) is 4.41. The first-order valence-corrected chi connectivity index (χ1v) is 11.4. The van der Waals surface area contributed by atoms with Gasteiger partial charge in [-0.2, -0.15) is 0 Å². The lowest BCUT2D eigenvalue weighted by Crippen LogP contribution is -2.53. The third-order valence-corrected chi connectivity index (χ3v) is 6.14. The Balaban J connectivity index is 1.32. The Hall–Kier alpha value is -3.16. The van der Waals surface area contributed by atoms with Crippen LogP contribution >= 0.6 is 0 Å². The Kier molecular flexibility index (Phi) is 7.19. The van der Waals surface area contributed by atoms with Crippen LogP contribution in [0.25, 0.3) is 0 Å². The van der Waals surface area contributed by atoms with Crippen molar-refractivity contribution in [3.63, 3.8) is 0 Å². The molecular formula is C24H33N5O3. The molecule has 1 aromatic carbocycles. The van der Waals surface area contributed by atoms with E-state index in [-0.39, 0.29) is 5.91 Å². The number of nitrogens with one attached hydrogen (secondary N) is 1. The fourth-order valence-corrected chi connectivity index (χ4v) is 4.41. The van der Waals surface area contributed by atoms with Crippen LogP contribution in [0.15, 0.2) is 52.1 Å². The van der Waals surface area contributed by atoms with Gasteiger partial charge in [0, 0.05) is 52.4 Å². The van der Waals surface area contributed by atoms with Crippen LogP contribution in [0.1, 0.15) is 23.9 Å². The molecule has 8 nitrogen and oxygen atoms in total. The molecule has 0 saturated carbocycles. The van der Waals surface area contributed by atoms with Gasteiger partial charge in [0.25, 0.3) is 5.91 Å². The van der Waals surface area contributed by atoms with E-state index in [4.69, 9.17) is 14.1 Å². The summed E-state index contributed by atoms with van der Waals surface area (Å²) in [6.07, 6.45) is 2.66. The highest BCUT2D eigenvalue weighted by Crippen LogP contribution is 2.32. The maximum absolute atomic E-state index is 12.5. The first-order valence-electron chi connectivity index (χ1n) is 11.4. The second-order valence-electron chi connectivity index (χ2n) is 8.22. The third kappa shape index (κ3) is 5.00. The van der Waals surface area contributed by atoms with Crippen LogP contribution in [0, 0.1) is 5.92 Å². The lowest BCUT2D eigenvalue weighted by molar-refractivity contribution is 0.0657. The highest BCUT2D eigenvalue weighted by molar-refractivity contribution is 5.91. The molecule has 2 saturated heterocycles. The zero-order chi connectivity index (χ0) is 22.3. The van der Waals surface area contributed by atoms with Crippen LogP contribution in [-0.4, -0.2) is 81.1 Å². The number of carbonyl (C=O) groups is 1. The molecule has 1 atom stereocenters. The van der Waals surface area contributed by atoms with Gasteiger partial charge in [0.2, 0.25) is 0 Å². The maximum atomic E-state index is 12.5. The summed E-state index contributed by atoms with van der Waals surface area (Å²) in [6.45, 7) is 8.54. The zero-order valence-corrected chi connectivity index (χ0v) is 19.0. The normalized spacial score (nSPS) is 19.4. The molecular weight excluding hydrogens is 406 g/mol. The van der Waals surface area contributed by atoms with Crippen LogP contribution in [0.4, 0.5) is 5.69 Å². The van der Waals surface area contributed by atoms with Gasteiger partial charge < -0.3 is 29.2 Å². The van der Waals surface area contributed by atoms with E-state index in [0.29, 0.717) is 24.8 Å². The molecule has 2 aliphatic heterocycles. The molecule has 3 heterocycles. The van der Waals surface area contributed by atoms with Crippen molar-refractivity contribution in [2.75, 3.05) is 64.4 Å². The number of furan rings is 1. The fraction of sp³-hybridized carbons (Fsp3) is 0.500. The number of anilines is 1. The molecule has 0 spiro atoms. The highest BCUT2D eigenvalue weighted by atomic mass is 16.5. The molecule has 1 aromatic heterocycles. The van der Waals surface area contributed by atoms with Crippen LogP contribution < -0.4 is 15.0 Å². The maximum Gasteiger partial charge on any atom is 0.289 e. The number of nitrogens with zero attached hydrogens (tertiary/aromatic N) is 4. The van der Waals surface area contributed by atoms with Gasteiger partial charge in [-0.15, -0.1) is 0 Å². The highest BCUT2D eigenvalue weighted by Gasteiger charge is 2.27. The number of amides is 1. The standard InChI is InChI=1S/C24H33N5O3/c1-3-25-24(28-14-12-27(13-15-28)23(30)22-9-6-16-32-22)26-17-19-10-11-29(18-19)20-7-4-5-8-21(20)31-2/h4-9,16,19H,3,10-15,17-18H2,1-2H3,(H,25,26). The zero-order valence-electron chi connectivity index (χ0n) is 19.0. The summed E-state index contributed by atoms with van der Waals surface area (Å²) in [7, 11) is 1.72. The number of ether oxygens (including phenoxy) is 1. The molecule has 32 heavy (non-hydrogen) atoms. The van der Waals surface area contributed by atoms with Crippen LogP contribution in [0.5, 0.6) is 5.75 Å². The Labute approximate surface area is 189 Å². The average Bonchev–Trinajstić information content (AvgIpc) is 3.54. The topological polar surface area (TPSA) is 73.6 Å². The monoisotopic (exact) mass is 439 g/mol. The number of aliphatic imine (C=N–C) groups is 1. The predicted octanol–water partition coefficient (Wildman–Crippen LogP) is 2.54. The van der Waals surface area contributed by atoms with Gasteiger partial charge >= 0.3 is 0 Å². The molecule has 4 rings (SSSR count). The second kappa shape index (κ2) is 10.4. The number of guanidine groups is 1. The molecule has 2 fully saturated rings. The van der Waals surface area contributed by atoms with Gasteiger partial charge in [0.1, 0.15) is 5.75 Å². The molecule has 1 N–H and O–H groups in total. The van der Waals surface area contributed by atoms with Crippen molar-refractivity contribution in [3.05, 3.63) is 48.4 Å². The first kappa shape index (κ1) is 22.0. The summed E-state index contributed by atoms with van der Waals surface area (Å²) in [5.74, 6) is 2.73. The van der Waals surface area contributed by atoms with E-state index in [1.165, 1.54) is 6.26 Å². The van der Waals surface area contributed by atoms with Gasteiger partial charge in [0.05, 0.1) is 19.1 Å². The lowest BCUT2D eigenvalue weighted by Gasteiger charge is -2.36. The van der Waals surface area contributed by atoms with Gasteiger partial charge in [0.15, 0.2) is 11.7 Å². The van der Waals surface area contributed by atoms with Crippen LogP contribution in [0.3, 0.4) is 0 Å². The molecule has 1 unspecified atom stereocenters. The van der Waals surface area contributed by atoms with Crippen molar-refractivity contribution in [3.8, 4) is 5.75 Å². The molecule has 0 aliphatic carbocycles. The van der Waals surface area contributed by atoms with Gasteiger partial charge in [-0.3, -0.25) is 9.79 Å². The Morgan fingerprint density at radius 3 is 2.62 bits per heavy atom. The molecule has 172 valence electrons. The van der Waals surface area contributed by atoms with E-state index in [2.05, 4.69) is 34.2 Å². The summed E-state index contributed by atoms with van der Waals surface area (Å²) < 4.78 is 10.8. The van der Waals surface area contributed by atoms with Crippen molar-refractivity contribution >= 4 is 17.6 Å². The quantitative estimate of drug-likeness (QED) is 0.551. The summed E-state index contributed by atoms with van der Waals surface area (Å²) in [5.41, 5.74) is 1.16. The van der Waals surface area contributed by atoms with Crippen molar-refractivity contribution in [1.29, 1.82) is 0 Å². The smallest absolute Gasteiger partial charge is 0.289 e.